The molecule has 9 heteroatoms. The van der Waals surface area contributed by atoms with Crippen LogP contribution in [-0.4, -0.2) is 31.7 Å². The molecule has 2 aromatic carbocycles. The second-order valence-corrected chi connectivity index (χ2v) is 6.57. The zero-order chi connectivity index (χ0) is 20.1. The molecule has 3 rings (SSSR count). The van der Waals surface area contributed by atoms with Gasteiger partial charge in [0.1, 0.15) is 18.1 Å². The van der Waals surface area contributed by atoms with Crippen molar-refractivity contribution in [3.63, 3.8) is 0 Å². The highest BCUT2D eigenvalue weighted by molar-refractivity contribution is 9.10. The van der Waals surface area contributed by atoms with Crippen LogP contribution < -0.4 is 14.8 Å². The van der Waals surface area contributed by atoms with Crippen LogP contribution in [0.1, 0.15) is 0 Å². The molecule has 0 bridgehead atoms. The maximum absolute atomic E-state index is 12.0. The number of aromatic nitrogens is 1. The minimum Gasteiger partial charge on any atom is -0.494 e. The van der Waals surface area contributed by atoms with E-state index < -0.39 is 13.0 Å². The largest absolute Gasteiger partial charge is 0.522 e. The van der Waals surface area contributed by atoms with Crippen molar-refractivity contribution in [2.45, 2.75) is 6.36 Å². The average molecular weight is 457 g/mol. The van der Waals surface area contributed by atoms with E-state index in [2.05, 4.69) is 31.0 Å². The van der Waals surface area contributed by atoms with Crippen LogP contribution in [0.2, 0.25) is 0 Å². The van der Waals surface area contributed by atoms with Crippen LogP contribution in [0.5, 0.6) is 11.5 Å². The SMILES string of the molecule is COc1cc(OCCOC(F)(F)F)ccc1Nc1ccnc2cc(Br)ccc12. The number of ether oxygens (including phenoxy) is 3. The third kappa shape index (κ3) is 5.26. The highest BCUT2D eigenvalue weighted by Crippen LogP contribution is 2.34. The predicted octanol–water partition coefficient (Wildman–Crippen LogP) is 5.66. The van der Waals surface area contributed by atoms with Gasteiger partial charge in [0.25, 0.3) is 0 Å². The first-order valence-electron chi connectivity index (χ1n) is 8.18. The van der Waals surface area contributed by atoms with Crippen molar-refractivity contribution >= 4 is 38.2 Å². The third-order valence-electron chi connectivity index (χ3n) is 3.76. The Bertz CT molecular complexity index is 967. The summed E-state index contributed by atoms with van der Waals surface area (Å²) in [7, 11) is 1.50. The molecule has 0 aliphatic rings. The number of fused-ring (bicyclic) bond motifs is 1. The van der Waals surface area contributed by atoms with Gasteiger partial charge in [0.2, 0.25) is 0 Å². The molecule has 0 amide bonds. The zero-order valence-corrected chi connectivity index (χ0v) is 16.3. The van der Waals surface area contributed by atoms with E-state index in [1.807, 2.05) is 24.3 Å². The molecule has 5 nitrogen and oxygen atoms in total. The Morgan fingerprint density at radius 3 is 2.61 bits per heavy atom. The van der Waals surface area contributed by atoms with Gasteiger partial charge in [0.05, 0.1) is 24.9 Å². The predicted molar refractivity (Wildman–Crippen MR) is 103 cm³/mol. The molecule has 0 radical (unpaired) electrons. The fourth-order valence-corrected chi connectivity index (χ4v) is 2.91. The number of benzene rings is 2. The summed E-state index contributed by atoms with van der Waals surface area (Å²) in [4.78, 5) is 4.35. The number of nitrogens with zero attached hydrogens (tertiary/aromatic N) is 1. The first-order chi connectivity index (χ1) is 13.4. The summed E-state index contributed by atoms with van der Waals surface area (Å²) in [5.41, 5.74) is 2.34. The fraction of sp³-hybridized carbons (Fsp3) is 0.211. The van der Waals surface area contributed by atoms with E-state index in [-0.39, 0.29) is 6.61 Å². The van der Waals surface area contributed by atoms with Gasteiger partial charge in [-0.15, -0.1) is 13.2 Å². The van der Waals surface area contributed by atoms with Crippen molar-refractivity contribution < 1.29 is 27.4 Å². The maximum atomic E-state index is 12.0. The standard InChI is InChI=1S/C19H16BrF3N2O3/c1-26-18-11-13(27-8-9-28-19(21,22)23)3-5-16(18)25-15-6-7-24-17-10-12(20)2-4-14(15)17/h2-7,10-11H,8-9H2,1H3,(H,24,25). The summed E-state index contributed by atoms with van der Waals surface area (Å²) in [6.45, 7) is -0.830. The van der Waals surface area contributed by atoms with Crippen molar-refractivity contribution in [3.05, 3.63) is 53.1 Å². The first kappa shape index (κ1) is 20.2. The molecule has 1 aromatic heterocycles. The number of nitrogens with one attached hydrogen (secondary N) is 1. The minimum atomic E-state index is -4.67. The van der Waals surface area contributed by atoms with Crippen molar-refractivity contribution in [2.24, 2.45) is 0 Å². The van der Waals surface area contributed by atoms with E-state index in [0.717, 1.165) is 21.1 Å². The molecule has 1 heterocycles. The van der Waals surface area contributed by atoms with Gasteiger partial charge in [-0.1, -0.05) is 15.9 Å². The lowest BCUT2D eigenvalue weighted by atomic mass is 10.1. The molecule has 1 N–H and O–H groups in total. The Morgan fingerprint density at radius 2 is 1.86 bits per heavy atom. The van der Waals surface area contributed by atoms with E-state index >= 15 is 0 Å². The van der Waals surface area contributed by atoms with E-state index in [0.29, 0.717) is 17.2 Å². The Labute approximate surface area is 167 Å². The minimum absolute atomic E-state index is 0.237. The smallest absolute Gasteiger partial charge is 0.494 e. The van der Waals surface area contributed by atoms with Gasteiger partial charge in [-0.05, 0) is 36.4 Å². The van der Waals surface area contributed by atoms with Gasteiger partial charge < -0.3 is 14.8 Å². The van der Waals surface area contributed by atoms with Gasteiger partial charge in [0.15, 0.2) is 0 Å². The average Bonchev–Trinajstić information content (AvgIpc) is 2.65. The Kier molecular flexibility index (Phi) is 6.25. The van der Waals surface area contributed by atoms with Crippen molar-refractivity contribution in [1.82, 2.24) is 4.98 Å². The Hall–Kier alpha value is -2.52. The third-order valence-corrected chi connectivity index (χ3v) is 4.26. The molecule has 0 aliphatic carbocycles. The molecular weight excluding hydrogens is 441 g/mol. The number of hydrogen-bond acceptors (Lipinski definition) is 5. The van der Waals surface area contributed by atoms with E-state index in [9.17, 15) is 13.2 Å². The molecule has 0 unspecified atom stereocenters. The number of methoxy groups -OCH3 is 1. The number of halogens is 4. The summed E-state index contributed by atoms with van der Waals surface area (Å²) in [5, 5.41) is 4.22. The van der Waals surface area contributed by atoms with E-state index in [1.54, 1.807) is 24.4 Å². The number of rotatable bonds is 7. The summed E-state index contributed by atoms with van der Waals surface area (Å²) < 4.78 is 51.2. The van der Waals surface area contributed by atoms with Crippen LogP contribution in [0, 0.1) is 0 Å². The summed E-state index contributed by atoms with van der Waals surface area (Å²) >= 11 is 3.43. The van der Waals surface area contributed by atoms with Crippen molar-refractivity contribution in [3.8, 4) is 11.5 Å². The molecule has 0 spiro atoms. The van der Waals surface area contributed by atoms with Gasteiger partial charge in [0, 0.05) is 27.8 Å². The molecular formula is C19H16BrF3N2O3. The van der Waals surface area contributed by atoms with Crippen molar-refractivity contribution in [1.29, 1.82) is 0 Å². The highest BCUT2D eigenvalue weighted by atomic mass is 79.9. The number of hydrogen-bond donors (Lipinski definition) is 1. The quantitative estimate of drug-likeness (QED) is 0.464. The maximum Gasteiger partial charge on any atom is 0.522 e. The van der Waals surface area contributed by atoms with Crippen LogP contribution >= 0.6 is 15.9 Å². The van der Waals surface area contributed by atoms with E-state index in [1.165, 1.54) is 7.11 Å². The number of pyridine rings is 1. The Morgan fingerprint density at radius 1 is 1.04 bits per heavy atom. The topological polar surface area (TPSA) is 52.6 Å². The van der Waals surface area contributed by atoms with Gasteiger partial charge in [-0.2, -0.15) is 0 Å². The van der Waals surface area contributed by atoms with Crippen LogP contribution in [0.25, 0.3) is 10.9 Å². The second-order valence-electron chi connectivity index (χ2n) is 5.65. The molecule has 3 aromatic rings. The van der Waals surface area contributed by atoms with Crippen LogP contribution in [-0.2, 0) is 4.74 Å². The highest BCUT2D eigenvalue weighted by Gasteiger charge is 2.28. The molecule has 0 fully saturated rings. The number of anilines is 2. The summed E-state index contributed by atoms with van der Waals surface area (Å²) in [5.74, 6) is 0.855. The van der Waals surface area contributed by atoms with Gasteiger partial charge in [-0.3, -0.25) is 9.72 Å². The first-order valence-corrected chi connectivity index (χ1v) is 8.98. The second kappa shape index (κ2) is 8.66. The molecule has 0 aliphatic heterocycles. The normalized spacial score (nSPS) is 11.5. The lowest BCUT2D eigenvalue weighted by molar-refractivity contribution is -0.325. The molecule has 0 atom stereocenters. The zero-order valence-electron chi connectivity index (χ0n) is 14.7. The Balaban J connectivity index is 1.74. The molecule has 0 saturated heterocycles. The molecule has 0 saturated carbocycles. The monoisotopic (exact) mass is 456 g/mol. The van der Waals surface area contributed by atoms with Gasteiger partial charge in [-0.25, -0.2) is 0 Å². The molecule has 28 heavy (non-hydrogen) atoms. The lowest BCUT2D eigenvalue weighted by Gasteiger charge is -2.15. The summed E-state index contributed by atoms with van der Waals surface area (Å²) in [6, 6.07) is 12.6. The van der Waals surface area contributed by atoms with Crippen LogP contribution in [0.4, 0.5) is 24.5 Å². The van der Waals surface area contributed by atoms with Crippen LogP contribution in [0.3, 0.4) is 0 Å². The van der Waals surface area contributed by atoms with Crippen LogP contribution in [0.15, 0.2) is 53.1 Å². The molecule has 148 valence electrons. The fourth-order valence-electron chi connectivity index (χ4n) is 2.56. The van der Waals surface area contributed by atoms with Gasteiger partial charge >= 0.3 is 6.36 Å². The summed E-state index contributed by atoms with van der Waals surface area (Å²) in [6.07, 6.45) is -2.97. The van der Waals surface area contributed by atoms with Crippen molar-refractivity contribution in [2.75, 3.05) is 25.6 Å². The van der Waals surface area contributed by atoms with E-state index in [4.69, 9.17) is 9.47 Å². The number of alkyl halides is 3. The lowest BCUT2D eigenvalue weighted by Crippen LogP contribution is -2.18.